The molecule has 0 radical (unpaired) electrons. The summed E-state index contributed by atoms with van der Waals surface area (Å²) in [5, 5.41) is 7.00. The van der Waals surface area contributed by atoms with Gasteiger partial charge in [-0.15, -0.1) is 11.3 Å². The van der Waals surface area contributed by atoms with Crippen LogP contribution in [0.25, 0.3) is 0 Å². The lowest BCUT2D eigenvalue weighted by molar-refractivity contribution is -0.660. The number of nitrogens with one attached hydrogen (secondary N) is 1. The summed E-state index contributed by atoms with van der Waals surface area (Å²) >= 11 is 1.42. The van der Waals surface area contributed by atoms with Crippen LogP contribution in [0.3, 0.4) is 0 Å². The maximum atomic E-state index is 11.9. The smallest absolute Gasteiger partial charge is 0.274 e. The molecule has 0 unspecified atom stereocenters. The number of anilines is 2. The van der Waals surface area contributed by atoms with Crippen molar-refractivity contribution in [2.24, 2.45) is 0 Å². The van der Waals surface area contributed by atoms with Gasteiger partial charge >= 0.3 is 0 Å². The predicted octanol–water partition coefficient (Wildman–Crippen LogP) is 0.637. The SMILES string of the molecule is CNC(=O)C[NH2+]Cc1csc(N(C(C)=O)c2ccccc2)n1. The van der Waals surface area contributed by atoms with Gasteiger partial charge in [0.05, 0.1) is 5.69 Å². The number of hydrogen-bond acceptors (Lipinski definition) is 4. The number of quaternary nitrogens is 1. The van der Waals surface area contributed by atoms with E-state index in [1.54, 1.807) is 11.9 Å². The van der Waals surface area contributed by atoms with E-state index >= 15 is 0 Å². The number of benzene rings is 1. The van der Waals surface area contributed by atoms with Gasteiger partial charge in [-0.3, -0.25) is 14.5 Å². The summed E-state index contributed by atoms with van der Waals surface area (Å²) in [6, 6.07) is 9.43. The van der Waals surface area contributed by atoms with E-state index < -0.39 is 0 Å². The van der Waals surface area contributed by atoms with E-state index in [2.05, 4.69) is 10.3 Å². The minimum atomic E-state index is -0.0820. The van der Waals surface area contributed by atoms with Crippen molar-refractivity contribution in [2.75, 3.05) is 18.5 Å². The Balaban J connectivity index is 2.08. The van der Waals surface area contributed by atoms with Gasteiger partial charge in [-0.05, 0) is 12.1 Å². The highest BCUT2D eigenvalue weighted by Gasteiger charge is 2.18. The Morgan fingerprint density at radius 3 is 2.68 bits per heavy atom. The Bertz CT molecular complexity index is 642. The van der Waals surface area contributed by atoms with Crippen LogP contribution in [0.15, 0.2) is 35.7 Å². The third kappa shape index (κ3) is 4.12. The van der Waals surface area contributed by atoms with Crippen molar-refractivity contribution in [3.63, 3.8) is 0 Å². The minimum Gasteiger partial charge on any atom is -0.354 e. The van der Waals surface area contributed by atoms with Crippen LogP contribution in [-0.4, -0.2) is 30.4 Å². The van der Waals surface area contributed by atoms with Gasteiger partial charge in [0.2, 0.25) is 5.91 Å². The first-order chi connectivity index (χ1) is 10.6. The molecule has 1 aromatic heterocycles. The molecule has 1 aromatic carbocycles. The third-order valence-corrected chi connectivity index (χ3v) is 3.90. The summed E-state index contributed by atoms with van der Waals surface area (Å²) in [6.07, 6.45) is 0. The van der Waals surface area contributed by atoms with Crippen molar-refractivity contribution in [2.45, 2.75) is 13.5 Å². The maximum absolute atomic E-state index is 11.9. The second-order valence-corrected chi connectivity index (χ2v) is 5.52. The average molecular weight is 319 g/mol. The molecule has 0 saturated carbocycles. The molecule has 1 heterocycles. The zero-order chi connectivity index (χ0) is 15.9. The van der Waals surface area contributed by atoms with Crippen LogP contribution in [0.5, 0.6) is 0 Å². The fourth-order valence-electron chi connectivity index (χ4n) is 1.95. The molecular weight excluding hydrogens is 300 g/mol. The molecule has 22 heavy (non-hydrogen) atoms. The summed E-state index contributed by atoms with van der Waals surface area (Å²) < 4.78 is 0. The van der Waals surface area contributed by atoms with Gasteiger partial charge in [0.25, 0.3) is 5.91 Å². The molecule has 2 aromatic rings. The maximum Gasteiger partial charge on any atom is 0.274 e. The molecule has 0 spiro atoms. The van der Waals surface area contributed by atoms with Crippen LogP contribution in [0.1, 0.15) is 12.6 Å². The molecule has 7 heteroatoms. The number of carbonyl (C=O) groups is 2. The molecule has 116 valence electrons. The molecule has 2 rings (SSSR count). The van der Waals surface area contributed by atoms with Gasteiger partial charge in [-0.25, -0.2) is 4.98 Å². The van der Waals surface area contributed by atoms with Crippen molar-refractivity contribution >= 4 is 34.0 Å². The van der Waals surface area contributed by atoms with Crippen molar-refractivity contribution in [3.05, 3.63) is 41.4 Å². The van der Waals surface area contributed by atoms with E-state index in [1.165, 1.54) is 18.3 Å². The van der Waals surface area contributed by atoms with Gasteiger partial charge in [0.15, 0.2) is 11.7 Å². The zero-order valence-electron chi connectivity index (χ0n) is 12.6. The summed E-state index contributed by atoms with van der Waals surface area (Å²) in [6.45, 7) is 2.48. The highest BCUT2D eigenvalue weighted by molar-refractivity contribution is 7.14. The first-order valence-electron chi connectivity index (χ1n) is 6.94. The number of thiazole rings is 1. The lowest BCUT2D eigenvalue weighted by atomic mass is 10.3. The molecule has 0 aliphatic rings. The van der Waals surface area contributed by atoms with Gasteiger partial charge in [0.1, 0.15) is 12.2 Å². The lowest BCUT2D eigenvalue weighted by Crippen LogP contribution is -2.85. The number of nitrogens with zero attached hydrogens (tertiary/aromatic N) is 2. The number of aromatic nitrogens is 1. The fourth-order valence-corrected chi connectivity index (χ4v) is 2.85. The van der Waals surface area contributed by atoms with Crippen LogP contribution in [0.4, 0.5) is 10.8 Å². The number of nitrogens with two attached hydrogens (primary N) is 1. The van der Waals surface area contributed by atoms with Crippen molar-refractivity contribution in [1.82, 2.24) is 10.3 Å². The first kappa shape index (κ1) is 16.1. The van der Waals surface area contributed by atoms with Gasteiger partial charge in [0, 0.05) is 19.4 Å². The van der Waals surface area contributed by atoms with Crippen molar-refractivity contribution in [1.29, 1.82) is 0 Å². The van der Waals surface area contributed by atoms with Crippen LogP contribution in [0.2, 0.25) is 0 Å². The number of para-hydroxylation sites is 1. The number of hydrogen-bond donors (Lipinski definition) is 2. The van der Waals surface area contributed by atoms with E-state index in [0.717, 1.165) is 11.4 Å². The molecule has 0 fully saturated rings. The summed E-state index contributed by atoms with van der Waals surface area (Å²) in [5.41, 5.74) is 1.65. The van der Waals surface area contributed by atoms with Gasteiger partial charge < -0.3 is 10.6 Å². The largest absolute Gasteiger partial charge is 0.354 e. The summed E-state index contributed by atoms with van der Waals surface area (Å²) in [5.74, 6) is -0.105. The Morgan fingerprint density at radius 1 is 1.32 bits per heavy atom. The fraction of sp³-hybridized carbons (Fsp3) is 0.267. The average Bonchev–Trinajstić information content (AvgIpc) is 2.96. The monoisotopic (exact) mass is 319 g/mol. The normalized spacial score (nSPS) is 10.3. The van der Waals surface area contributed by atoms with Crippen molar-refractivity contribution in [3.8, 4) is 0 Å². The van der Waals surface area contributed by atoms with E-state index in [0.29, 0.717) is 18.2 Å². The Morgan fingerprint density at radius 2 is 2.05 bits per heavy atom. The van der Waals surface area contributed by atoms with Crippen LogP contribution in [0, 0.1) is 0 Å². The predicted molar refractivity (Wildman–Crippen MR) is 85.9 cm³/mol. The van der Waals surface area contributed by atoms with Gasteiger partial charge in [-0.2, -0.15) is 0 Å². The minimum absolute atomic E-state index is 0.0231. The molecule has 0 bridgehead atoms. The van der Waals surface area contributed by atoms with E-state index in [-0.39, 0.29) is 11.8 Å². The summed E-state index contributed by atoms with van der Waals surface area (Å²) in [7, 11) is 1.61. The summed E-state index contributed by atoms with van der Waals surface area (Å²) in [4.78, 5) is 29.2. The topological polar surface area (TPSA) is 78.9 Å². The molecule has 0 atom stereocenters. The second-order valence-electron chi connectivity index (χ2n) is 4.68. The standard InChI is InChI=1S/C15H18N4O2S/c1-11(20)19(13-6-4-3-5-7-13)15-18-12(10-22-15)8-17-9-14(21)16-2/h3-7,10,17H,8-9H2,1-2H3,(H,16,21)/p+1. The van der Waals surface area contributed by atoms with E-state index in [9.17, 15) is 9.59 Å². The van der Waals surface area contributed by atoms with Crippen LogP contribution >= 0.6 is 11.3 Å². The van der Waals surface area contributed by atoms with E-state index in [1.807, 2.05) is 41.0 Å². The number of amides is 2. The Labute approximate surface area is 133 Å². The molecule has 0 saturated heterocycles. The molecule has 6 nitrogen and oxygen atoms in total. The first-order valence-corrected chi connectivity index (χ1v) is 7.82. The third-order valence-electron chi connectivity index (χ3n) is 3.02. The zero-order valence-corrected chi connectivity index (χ0v) is 13.4. The molecule has 0 aliphatic heterocycles. The van der Waals surface area contributed by atoms with E-state index in [4.69, 9.17) is 0 Å². The molecule has 0 aliphatic carbocycles. The molecular formula is C15H19N4O2S+. The van der Waals surface area contributed by atoms with Crippen LogP contribution < -0.4 is 15.5 Å². The Hall–Kier alpha value is -2.25. The second kappa shape index (κ2) is 7.67. The quantitative estimate of drug-likeness (QED) is 0.820. The number of likely N-dealkylation sites (N-methyl/N-ethyl adjacent to an activating group) is 1. The molecule has 3 N–H and O–H groups in total. The van der Waals surface area contributed by atoms with Crippen molar-refractivity contribution < 1.29 is 14.9 Å². The number of carbonyl (C=O) groups excluding carboxylic acids is 2. The highest BCUT2D eigenvalue weighted by Crippen LogP contribution is 2.28. The van der Waals surface area contributed by atoms with Gasteiger partial charge in [-0.1, -0.05) is 18.2 Å². The molecule has 2 amide bonds. The van der Waals surface area contributed by atoms with Crippen LogP contribution in [-0.2, 0) is 16.1 Å². The number of rotatable bonds is 6. The Kier molecular flexibility index (Phi) is 5.62. The highest BCUT2D eigenvalue weighted by atomic mass is 32.1. The lowest BCUT2D eigenvalue weighted by Gasteiger charge is -2.17.